The average molecular weight is 379 g/mol. The second-order valence-corrected chi connectivity index (χ2v) is 6.07. The van der Waals surface area contributed by atoms with Crippen molar-refractivity contribution in [3.63, 3.8) is 0 Å². The summed E-state index contributed by atoms with van der Waals surface area (Å²) >= 11 is 0. The predicted octanol–water partition coefficient (Wildman–Crippen LogP) is 2.95. The standard InChI is InChI=1S/C20H17N3O5/c1-14-4-2-5-16(12-14)21-19(24)18-6-3-11-22(20(18)25)28-13-15-7-9-17(10-8-15)23(26)27/h2-12H,13H2,1H3,(H,21,24). The summed E-state index contributed by atoms with van der Waals surface area (Å²) in [4.78, 5) is 40.6. The van der Waals surface area contributed by atoms with Crippen LogP contribution >= 0.6 is 0 Å². The molecule has 8 nitrogen and oxygen atoms in total. The van der Waals surface area contributed by atoms with Crippen molar-refractivity contribution >= 4 is 17.3 Å². The van der Waals surface area contributed by atoms with Gasteiger partial charge in [-0.05, 0) is 54.4 Å². The number of nitrogens with zero attached hydrogens (tertiary/aromatic N) is 2. The molecule has 3 aromatic rings. The summed E-state index contributed by atoms with van der Waals surface area (Å²) in [5.74, 6) is -0.538. The van der Waals surface area contributed by atoms with E-state index in [-0.39, 0.29) is 17.9 Å². The summed E-state index contributed by atoms with van der Waals surface area (Å²) in [7, 11) is 0. The first kappa shape index (κ1) is 18.8. The van der Waals surface area contributed by atoms with Crippen LogP contribution in [0.2, 0.25) is 0 Å². The van der Waals surface area contributed by atoms with Crippen LogP contribution < -0.4 is 15.7 Å². The number of nitro groups is 1. The van der Waals surface area contributed by atoms with Gasteiger partial charge in [0.05, 0.1) is 4.92 Å². The van der Waals surface area contributed by atoms with E-state index in [4.69, 9.17) is 4.84 Å². The molecule has 0 radical (unpaired) electrons. The number of anilines is 1. The molecule has 1 amide bonds. The Balaban J connectivity index is 1.72. The number of hydrogen-bond acceptors (Lipinski definition) is 5. The topological polar surface area (TPSA) is 103 Å². The Morgan fingerprint density at radius 1 is 1.14 bits per heavy atom. The SMILES string of the molecule is Cc1cccc(NC(=O)c2cccn(OCc3ccc([N+](=O)[O-])cc3)c2=O)c1. The van der Waals surface area contributed by atoms with Crippen molar-refractivity contribution in [2.75, 3.05) is 5.32 Å². The first-order valence-electron chi connectivity index (χ1n) is 8.40. The van der Waals surface area contributed by atoms with E-state index in [1.54, 1.807) is 12.1 Å². The van der Waals surface area contributed by atoms with Crippen LogP contribution in [0, 0.1) is 17.0 Å². The van der Waals surface area contributed by atoms with Crippen LogP contribution in [-0.4, -0.2) is 15.6 Å². The van der Waals surface area contributed by atoms with Crippen LogP contribution in [0.5, 0.6) is 0 Å². The number of carbonyl (C=O) groups excluding carboxylic acids is 1. The monoisotopic (exact) mass is 379 g/mol. The van der Waals surface area contributed by atoms with E-state index in [0.29, 0.717) is 11.3 Å². The number of carbonyl (C=O) groups is 1. The number of hydrogen-bond donors (Lipinski definition) is 1. The number of non-ortho nitro benzene ring substituents is 1. The molecule has 2 aromatic carbocycles. The smallest absolute Gasteiger partial charge is 0.295 e. The summed E-state index contributed by atoms with van der Waals surface area (Å²) < 4.78 is 0.965. The minimum atomic E-state index is -0.602. The molecule has 0 aliphatic rings. The fourth-order valence-electron chi connectivity index (χ4n) is 2.53. The third-order valence-electron chi connectivity index (χ3n) is 3.95. The number of rotatable bonds is 6. The maximum Gasteiger partial charge on any atom is 0.295 e. The van der Waals surface area contributed by atoms with Crippen LogP contribution in [-0.2, 0) is 6.61 Å². The predicted molar refractivity (Wildman–Crippen MR) is 103 cm³/mol. The van der Waals surface area contributed by atoms with E-state index in [1.165, 1.54) is 42.6 Å². The van der Waals surface area contributed by atoms with E-state index in [1.807, 2.05) is 19.1 Å². The molecule has 1 aromatic heterocycles. The van der Waals surface area contributed by atoms with Gasteiger partial charge in [-0.1, -0.05) is 12.1 Å². The van der Waals surface area contributed by atoms with E-state index in [0.717, 1.165) is 10.3 Å². The van der Waals surface area contributed by atoms with Crippen LogP contribution in [0.3, 0.4) is 0 Å². The molecule has 0 saturated heterocycles. The highest BCUT2D eigenvalue weighted by Crippen LogP contribution is 2.12. The second kappa shape index (κ2) is 8.17. The van der Waals surface area contributed by atoms with Crippen molar-refractivity contribution in [2.24, 2.45) is 0 Å². The Hall–Kier alpha value is -3.94. The van der Waals surface area contributed by atoms with Crippen LogP contribution in [0.4, 0.5) is 11.4 Å². The number of benzene rings is 2. The van der Waals surface area contributed by atoms with Gasteiger partial charge in [0.15, 0.2) is 0 Å². The summed E-state index contributed by atoms with van der Waals surface area (Å²) in [5.41, 5.74) is 1.52. The zero-order valence-corrected chi connectivity index (χ0v) is 15.0. The Labute approximate surface area is 160 Å². The zero-order valence-electron chi connectivity index (χ0n) is 15.0. The third-order valence-corrected chi connectivity index (χ3v) is 3.95. The molecule has 0 atom stereocenters. The third kappa shape index (κ3) is 4.42. The van der Waals surface area contributed by atoms with Crippen LogP contribution in [0.25, 0.3) is 0 Å². The number of aromatic nitrogens is 1. The zero-order chi connectivity index (χ0) is 20.1. The molecule has 1 heterocycles. The molecule has 8 heteroatoms. The molecule has 0 bridgehead atoms. The van der Waals surface area contributed by atoms with E-state index in [9.17, 15) is 19.7 Å². The first-order valence-corrected chi connectivity index (χ1v) is 8.40. The molecule has 142 valence electrons. The molecular formula is C20H17N3O5. The van der Waals surface area contributed by atoms with Crippen molar-refractivity contribution in [3.05, 3.63) is 104 Å². The molecule has 0 aliphatic carbocycles. The lowest BCUT2D eigenvalue weighted by molar-refractivity contribution is -0.384. The van der Waals surface area contributed by atoms with Gasteiger partial charge in [0.1, 0.15) is 12.2 Å². The van der Waals surface area contributed by atoms with Crippen molar-refractivity contribution < 1.29 is 14.6 Å². The lowest BCUT2D eigenvalue weighted by atomic mass is 10.2. The highest BCUT2D eigenvalue weighted by molar-refractivity contribution is 6.03. The van der Waals surface area contributed by atoms with E-state index >= 15 is 0 Å². The largest absolute Gasteiger partial charge is 0.406 e. The Bertz CT molecular complexity index is 1070. The van der Waals surface area contributed by atoms with Gasteiger partial charge in [-0.3, -0.25) is 19.7 Å². The molecule has 0 saturated carbocycles. The summed E-state index contributed by atoms with van der Waals surface area (Å²) in [6.07, 6.45) is 1.40. The molecule has 28 heavy (non-hydrogen) atoms. The molecule has 0 aliphatic heterocycles. The van der Waals surface area contributed by atoms with Gasteiger partial charge in [0.25, 0.3) is 17.2 Å². The minimum Gasteiger partial charge on any atom is -0.406 e. The van der Waals surface area contributed by atoms with Crippen LogP contribution in [0.15, 0.2) is 71.7 Å². The van der Waals surface area contributed by atoms with Crippen molar-refractivity contribution in [1.29, 1.82) is 0 Å². The highest BCUT2D eigenvalue weighted by atomic mass is 16.7. The average Bonchev–Trinajstić information content (AvgIpc) is 2.67. The lowest BCUT2D eigenvalue weighted by Crippen LogP contribution is -2.32. The molecule has 1 N–H and O–H groups in total. The fourth-order valence-corrected chi connectivity index (χ4v) is 2.53. The van der Waals surface area contributed by atoms with E-state index < -0.39 is 16.4 Å². The maximum absolute atomic E-state index is 12.5. The van der Waals surface area contributed by atoms with Gasteiger partial charge in [-0.15, -0.1) is 0 Å². The first-order chi connectivity index (χ1) is 13.4. The fraction of sp³-hybridized carbons (Fsp3) is 0.100. The van der Waals surface area contributed by atoms with Gasteiger partial charge in [0.2, 0.25) is 0 Å². The van der Waals surface area contributed by atoms with Crippen molar-refractivity contribution in [2.45, 2.75) is 13.5 Å². The number of aryl methyl sites for hydroxylation is 1. The van der Waals surface area contributed by atoms with Gasteiger partial charge in [-0.2, -0.15) is 4.73 Å². The second-order valence-electron chi connectivity index (χ2n) is 6.07. The molecule has 0 spiro atoms. The molecular weight excluding hydrogens is 362 g/mol. The summed E-state index contributed by atoms with van der Waals surface area (Å²) in [6.45, 7) is 1.91. The number of pyridine rings is 1. The molecule has 3 rings (SSSR count). The van der Waals surface area contributed by atoms with Gasteiger partial charge < -0.3 is 10.2 Å². The van der Waals surface area contributed by atoms with Gasteiger partial charge >= 0.3 is 0 Å². The number of nitro benzene ring substituents is 1. The number of nitrogens with one attached hydrogen (secondary N) is 1. The van der Waals surface area contributed by atoms with Crippen molar-refractivity contribution in [3.8, 4) is 0 Å². The van der Waals surface area contributed by atoms with Gasteiger partial charge in [-0.25, -0.2) is 0 Å². The summed E-state index contributed by atoms with van der Waals surface area (Å²) in [6, 6.07) is 16.0. The normalized spacial score (nSPS) is 10.3. The lowest BCUT2D eigenvalue weighted by Gasteiger charge is -2.10. The Kier molecular flexibility index (Phi) is 5.50. The minimum absolute atomic E-state index is 0.0147. The highest BCUT2D eigenvalue weighted by Gasteiger charge is 2.13. The van der Waals surface area contributed by atoms with Crippen molar-refractivity contribution in [1.82, 2.24) is 4.73 Å². The number of amides is 1. The van der Waals surface area contributed by atoms with E-state index in [2.05, 4.69) is 5.32 Å². The van der Waals surface area contributed by atoms with Gasteiger partial charge in [0, 0.05) is 24.0 Å². The molecule has 0 unspecified atom stereocenters. The quantitative estimate of drug-likeness (QED) is 0.524. The Morgan fingerprint density at radius 3 is 2.57 bits per heavy atom. The summed E-state index contributed by atoms with van der Waals surface area (Å²) in [5, 5.41) is 13.4. The Morgan fingerprint density at radius 2 is 1.89 bits per heavy atom. The molecule has 0 fully saturated rings. The maximum atomic E-state index is 12.5. The van der Waals surface area contributed by atoms with Crippen LogP contribution in [0.1, 0.15) is 21.5 Å².